The molecule has 23 heavy (non-hydrogen) atoms. The Morgan fingerprint density at radius 2 is 2.00 bits per heavy atom. The Labute approximate surface area is 137 Å². The van der Waals surface area contributed by atoms with Gasteiger partial charge < -0.3 is 14.6 Å². The number of allylic oxidation sites excluding steroid dienone is 1. The van der Waals surface area contributed by atoms with Crippen LogP contribution in [0.25, 0.3) is 0 Å². The van der Waals surface area contributed by atoms with Crippen LogP contribution in [0.3, 0.4) is 0 Å². The van der Waals surface area contributed by atoms with Gasteiger partial charge in [-0.2, -0.15) is 0 Å². The van der Waals surface area contributed by atoms with Gasteiger partial charge in [-0.15, -0.1) is 0 Å². The zero-order valence-electron chi connectivity index (χ0n) is 13.6. The monoisotopic (exact) mass is 312 g/mol. The summed E-state index contributed by atoms with van der Waals surface area (Å²) in [6.45, 7) is 3.79. The molecule has 4 aliphatic rings. The molecule has 122 valence electrons. The Balaban J connectivity index is 1.53. The van der Waals surface area contributed by atoms with Crippen LogP contribution in [0.5, 0.6) is 5.75 Å². The molecular weight excluding hydrogens is 288 g/mol. The minimum atomic E-state index is -0.474. The van der Waals surface area contributed by atoms with Crippen LogP contribution in [0.2, 0.25) is 0 Å². The van der Waals surface area contributed by atoms with Gasteiger partial charge >= 0.3 is 0 Å². The van der Waals surface area contributed by atoms with E-state index in [0.717, 1.165) is 12.8 Å². The predicted molar refractivity (Wildman–Crippen MR) is 87.3 cm³/mol. The number of hydrogen-bond acceptors (Lipinski definition) is 3. The molecule has 1 aromatic carbocycles. The number of phenols is 1. The number of hydrogen-bond donors (Lipinski definition) is 1. The third kappa shape index (κ3) is 1.72. The molecule has 1 aromatic rings. The van der Waals surface area contributed by atoms with Crippen LogP contribution in [0.15, 0.2) is 30.4 Å². The third-order valence-electron chi connectivity index (χ3n) is 7.00. The zero-order chi connectivity index (χ0) is 15.7. The first-order valence-corrected chi connectivity index (χ1v) is 8.92. The van der Waals surface area contributed by atoms with Gasteiger partial charge in [-0.25, -0.2) is 0 Å². The summed E-state index contributed by atoms with van der Waals surface area (Å²) in [6.07, 6.45) is 9.17. The van der Waals surface area contributed by atoms with Crippen molar-refractivity contribution in [3.63, 3.8) is 0 Å². The number of ether oxygens (including phenoxy) is 2. The highest BCUT2D eigenvalue weighted by Gasteiger charge is 2.62. The van der Waals surface area contributed by atoms with Gasteiger partial charge in [-0.1, -0.05) is 19.1 Å². The molecule has 0 radical (unpaired) electrons. The molecule has 1 aliphatic heterocycles. The molecule has 3 heteroatoms. The highest BCUT2D eigenvalue weighted by atomic mass is 16.7. The van der Waals surface area contributed by atoms with Crippen molar-refractivity contribution in [3.8, 4) is 5.75 Å². The molecule has 3 aliphatic carbocycles. The van der Waals surface area contributed by atoms with E-state index in [1.54, 1.807) is 0 Å². The fourth-order valence-corrected chi connectivity index (χ4v) is 5.85. The maximum absolute atomic E-state index is 9.77. The molecule has 0 bridgehead atoms. The van der Waals surface area contributed by atoms with E-state index in [0.29, 0.717) is 36.7 Å². The molecule has 3 nitrogen and oxygen atoms in total. The lowest BCUT2D eigenvalue weighted by Crippen LogP contribution is -2.52. The van der Waals surface area contributed by atoms with Crippen LogP contribution in [0.4, 0.5) is 0 Å². The molecule has 2 fully saturated rings. The minimum Gasteiger partial charge on any atom is -0.508 e. The second-order valence-corrected chi connectivity index (χ2v) is 7.90. The molecule has 1 saturated carbocycles. The lowest BCUT2D eigenvalue weighted by Gasteiger charge is -2.52. The van der Waals surface area contributed by atoms with E-state index in [1.165, 1.54) is 24.0 Å². The van der Waals surface area contributed by atoms with Crippen LogP contribution in [0.1, 0.15) is 43.2 Å². The summed E-state index contributed by atoms with van der Waals surface area (Å²) < 4.78 is 12.2. The summed E-state index contributed by atoms with van der Waals surface area (Å²) in [5.41, 5.74) is 2.88. The second kappa shape index (κ2) is 4.61. The second-order valence-electron chi connectivity index (χ2n) is 7.90. The lowest BCUT2D eigenvalue weighted by atomic mass is 9.54. The third-order valence-corrected chi connectivity index (χ3v) is 7.00. The van der Waals surface area contributed by atoms with Crippen LogP contribution in [0, 0.1) is 17.3 Å². The standard InChI is InChI=1S/C20H24O3/c1-19-8-6-16-15-5-3-14(21)12-13(15)2-4-17(16)18(19)7-9-20(19)22-10-11-23-20/h3,5,7,9,12,16-18,21H,2,4,6,8,10-11H2,1H3. The van der Waals surface area contributed by atoms with Crippen molar-refractivity contribution < 1.29 is 14.6 Å². The van der Waals surface area contributed by atoms with Crippen LogP contribution in [-0.2, 0) is 15.9 Å². The van der Waals surface area contributed by atoms with Crippen molar-refractivity contribution in [3.05, 3.63) is 41.5 Å². The Morgan fingerprint density at radius 3 is 2.83 bits per heavy atom. The summed E-state index contributed by atoms with van der Waals surface area (Å²) in [5, 5.41) is 9.77. The van der Waals surface area contributed by atoms with Gasteiger partial charge in [0.25, 0.3) is 0 Å². The van der Waals surface area contributed by atoms with Crippen molar-refractivity contribution in [2.24, 2.45) is 17.3 Å². The largest absolute Gasteiger partial charge is 0.508 e. The van der Waals surface area contributed by atoms with Crippen molar-refractivity contribution in [2.45, 2.75) is 44.3 Å². The fourth-order valence-electron chi connectivity index (χ4n) is 5.85. The summed E-state index contributed by atoms with van der Waals surface area (Å²) in [5.74, 6) is 1.72. The summed E-state index contributed by atoms with van der Waals surface area (Å²) in [4.78, 5) is 0. The van der Waals surface area contributed by atoms with E-state index in [-0.39, 0.29) is 5.41 Å². The molecule has 1 N–H and O–H groups in total. The number of rotatable bonds is 0. The molecule has 1 heterocycles. The number of aryl methyl sites for hydroxylation is 1. The van der Waals surface area contributed by atoms with Gasteiger partial charge in [0.2, 0.25) is 0 Å². The molecule has 1 spiro atoms. The Kier molecular flexibility index (Phi) is 2.82. The Morgan fingerprint density at radius 1 is 1.17 bits per heavy atom. The summed E-state index contributed by atoms with van der Waals surface area (Å²) >= 11 is 0. The van der Waals surface area contributed by atoms with Gasteiger partial charge in [-0.3, -0.25) is 0 Å². The molecular formula is C20H24O3. The number of fused-ring (bicyclic) bond motifs is 6. The van der Waals surface area contributed by atoms with E-state index in [2.05, 4.69) is 25.1 Å². The first kappa shape index (κ1) is 14.1. The fraction of sp³-hybridized carbons (Fsp3) is 0.600. The normalized spacial score (nSPS) is 40.0. The summed E-state index contributed by atoms with van der Waals surface area (Å²) in [7, 11) is 0. The average molecular weight is 312 g/mol. The Bertz CT molecular complexity index is 673. The molecule has 4 atom stereocenters. The van der Waals surface area contributed by atoms with E-state index in [9.17, 15) is 5.11 Å². The quantitative estimate of drug-likeness (QED) is 0.741. The van der Waals surface area contributed by atoms with Gasteiger partial charge in [0.1, 0.15) is 5.75 Å². The van der Waals surface area contributed by atoms with Crippen molar-refractivity contribution in [1.82, 2.24) is 0 Å². The maximum Gasteiger partial charge on any atom is 0.193 e. The van der Waals surface area contributed by atoms with Crippen LogP contribution >= 0.6 is 0 Å². The SMILES string of the molecule is CC12CCC3c4ccc(O)cc4CCC3C1C=CC21OCCO1. The van der Waals surface area contributed by atoms with E-state index in [4.69, 9.17) is 9.47 Å². The number of aromatic hydroxyl groups is 1. The molecule has 4 unspecified atom stereocenters. The highest BCUT2D eigenvalue weighted by molar-refractivity contribution is 5.41. The molecule has 5 rings (SSSR count). The smallest absolute Gasteiger partial charge is 0.193 e. The van der Waals surface area contributed by atoms with Gasteiger partial charge in [0.15, 0.2) is 5.79 Å². The topological polar surface area (TPSA) is 38.7 Å². The molecule has 0 aromatic heterocycles. The van der Waals surface area contributed by atoms with Gasteiger partial charge in [-0.05, 0) is 72.8 Å². The minimum absolute atomic E-state index is 0.0685. The van der Waals surface area contributed by atoms with Crippen molar-refractivity contribution in [2.75, 3.05) is 13.2 Å². The predicted octanol–water partition coefficient (Wildman–Crippen LogP) is 3.77. The summed E-state index contributed by atoms with van der Waals surface area (Å²) in [6, 6.07) is 5.97. The average Bonchev–Trinajstić information content (AvgIpc) is 3.14. The first-order valence-electron chi connectivity index (χ1n) is 8.92. The zero-order valence-corrected chi connectivity index (χ0v) is 13.6. The van der Waals surface area contributed by atoms with Gasteiger partial charge in [0.05, 0.1) is 13.2 Å². The van der Waals surface area contributed by atoms with E-state index < -0.39 is 5.79 Å². The lowest BCUT2D eigenvalue weighted by molar-refractivity contribution is -0.215. The van der Waals surface area contributed by atoms with E-state index in [1.807, 2.05) is 12.1 Å². The van der Waals surface area contributed by atoms with E-state index >= 15 is 0 Å². The first-order chi connectivity index (χ1) is 11.1. The molecule has 0 amide bonds. The molecule has 1 saturated heterocycles. The van der Waals surface area contributed by atoms with Crippen molar-refractivity contribution >= 4 is 0 Å². The Hall–Kier alpha value is -1.32. The van der Waals surface area contributed by atoms with Crippen molar-refractivity contribution in [1.29, 1.82) is 0 Å². The maximum atomic E-state index is 9.77. The van der Waals surface area contributed by atoms with Crippen LogP contribution in [-0.4, -0.2) is 24.1 Å². The van der Waals surface area contributed by atoms with Crippen LogP contribution < -0.4 is 0 Å². The highest BCUT2D eigenvalue weighted by Crippen LogP contribution is 2.63. The van der Waals surface area contributed by atoms with Gasteiger partial charge in [0, 0.05) is 5.41 Å². The number of benzene rings is 1. The number of phenolic OH excluding ortho intramolecular Hbond substituents is 1.